The van der Waals surface area contributed by atoms with E-state index in [9.17, 15) is 13.2 Å². The zero-order valence-electron chi connectivity index (χ0n) is 13.1. The second-order valence-electron chi connectivity index (χ2n) is 4.98. The van der Waals surface area contributed by atoms with Gasteiger partial charge in [0.15, 0.2) is 11.5 Å². The summed E-state index contributed by atoms with van der Waals surface area (Å²) in [6.45, 7) is 3.74. The van der Waals surface area contributed by atoms with Crippen molar-refractivity contribution in [1.82, 2.24) is 14.9 Å². The van der Waals surface area contributed by atoms with Crippen LogP contribution in [-0.2, 0) is 6.18 Å². The normalized spacial score (nSPS) is 12.1. The predicted molar refractivity (Wildman–Crippen MR) is 84.2 cm³/mol. The van der Waals surface area contributed by atoms with E-state index in [0.29, 0.717) is 21.7 Å². The number of aromatic amines is 1. The van der Waals surface area contributed by atoms with Gasteiger partial charge in [-0.2, -0.15) is 22.9 Å². The molecule has 1 aromatic carbocycles. The van der Waals surface area contributed by atoms with E-state index < -0.39 is 12.0 Å². The lowest BCUT2D eigenvalue weighted by Crippen LogP contribution is -2.12. The molecule has 0 aliphatic carbocycles. The summed E-state index contributed by atoms with van der Waals surface area (Å²) < 4.78 is 49.5. The molecular formula is C14H15F3N4O2S. The van der Waals surface area contributed by atoms with E-state index in [0.717, 1.165) is 0 Å². The zero-order valence-corrected chi connectivity index (χ0v) is 13.9. The number of halogens is 3. The largest absolute Gasteiger partial charge is 0.493 e. The van der Waals surface area contributed by atoms with Crippen LogP contribution in [0.25, 0.3) is 0 Å². The van der Waals surface area contributed by atoms with Gasteiger partial charge in [0.05, 0.1) is 19.4 Å². The minimum Gasteiger partial charge on any atom is -0.493 e. The lowest BCUT2D eigenvalue weighted by molar-refractivity contribution is -0.147. The molecule has 0 aliphatic heterocycles. The molecule has 1 heterocycles. The van der Waals surface area contributed by atoms with Gasteiger partial charge in [-0.3, -0.25) is 0 Å². The lowest BCUT2D eigenvalue weighted by Gasteiger charge is -2.13. The van der Waals surface area contributed by atoms with Gasteiger partial charge in [-0.1, -0.05) is 0 Å². The Morgan fingerprint density at radius 3 is 2.62 bits per heavy atom. The average molecular weight is 360 g/mol. The quantitative estimate of drug-likeness (QED) is 0.653. The van der Waals surface area contributed by atoms with Crippen molar-refractivity contribution < 1.29 is 22.6 Å². The molecule has 2 aromatic rings. The summed E-state index contributed by atoms with van der Waals surface area (Å²) in [5.74, 6) is -0.254. The molecule has 0 aliphatic rings. The monoisotopic (exact) mass is 360 g/mol. The summed E-state index contributed by atoms with van der Waals surface area (Å²) in [6.07, 6.45) is -3.49. The molecule has 24 heavy (non-hydrogen) atoms. The highest BCUT2D eigenvalue weighted by atomic mass is 32.1. The van der Waals surface area contributed by atoms with Crippen LogP contribution in [0.15, 0.2) is 23.3 Å². The van der Waals surface area contributed by atoms with Crippen molar-refractivity contribution in [3.8, 4) is 11.5 Å². The van der Waals surface area contributed by atoms with Gasteiger partial charge in [-0.05, 0) is 49.8 Å². The lowest BCUT2D eigenvalue weighted by atomic mass is 10.2. The first-order valence-electron chi connectivity index (χ1n) is 6.86. The SMILES string of the molecule is COc1cc(C=Nn2c(C(F)(F)F)n[nH]c2=S)ccc1OC(C)C. The van der Waals surface area contributed by atoms with Crippen LogP contribution in [0.1, 0.15) is 25.2 Å². The molecule has 0 saturated carbocycles. The molecule has 0 saturated heterocycles. The third-order valence-corrected chi connectivity index (χ3v) is 3.04. The Bertz CT molecular complexity index is 796. The Labute approximate surface area is 140 Å². The zero-order chi connectivity index (χ0) is 17.9. The molecule has 0 unspecified atom stereocenters. The van der Waals surface area contributed by atoms with E-state index in [4.69, 9.17) is 21.7 Å². The predicted octanol–water partition coefficient (Wildman–Crippen LogP) is 3.64. The summed E-state index contributed by atoms with van der Waals surface area (Å²) in [5, 5.41) is 8.96. The number of rotatable bonds is 5. The number of nitrogens with one attached hydrogen (secondary N) is 1. The Balaban J connectivity index is 2.34. The van der Waals surface area contributed by atoms with Gasteiger partial charge in [0.2, 0.25) is 4.77 Å². The highest BCUT2D eigenvalue weighted by Gasteiger charge is 2.37. The Kier molecular flexibility index (Phi) is 5.27. The summed E-state index contributed by atoms with van der Waals surface area (Å²) in [7, 11) is 1.47. The van der Waals surface area contributed by atoms with Crippen molar-refractivity contribution in [2.75, 3.05) is 7.11 Å². The number of nitrogens with zero attached hydrogens (tertiary/aromatic N) is 3. The van der Waals surface area contributed by atoms with Gasteiger partial charge in [0, 0.05) is 0 Å². The van der Waals surface area contributed by atoms with Crippen LogP contribution in [0.2, 0.25) is 0 Å². The molecule has 2 rings (SSSR count). The molecule has 0 atom stereocenters. The maximum Gasteiger partial charge on any atom is 0.453 e. The van der Waals surface area contributed by atoms with Gasteiger partial charge in [0.25, 0.3) is 5.82 Å². The average Bonchev–Trinajstić information content (AvgIpc) is 2.86. The molecule has 6 nitrogen and oxygen atoms in total. The molecule has 0 amide bonds. The van der Waals surface area contributed by atoms with Crippen LogP contribution in [0.4, 0.5) is 13.2 Å². The molecule has 0 radical (unpaired) electrons. The molecule has 0 fully saturated rings. The highest BCUT2D eigenvalue weighted by Crippen LogP contribution is 2.29. The second kappa shape index (κ2) is 7.04. The van der Waals surface area contributed by atoms with E-state index in [1.165, 1.54) is 13.3 Å². The van der Waals surface area contributed by atoms with Crippen LogP contribution in [-0.4, -0.2) is 34.3 Å². The van der Waals surface area contributed by atoms with Gasteiger partial charge >= 0.3 is 6.18 Å². The fourth-order valence-electron chi connectivity index (χ4n) is 1.82. The maximum absolute atomic E-state index is 12.8. The summed E-state index contributed by atoms with van der Waals surface area (Å²) in [5.41, 5.74) is 0.513. The first-order valence-corrected chi connectivity index (χ1v) is 7.27. The molecule has 0 spiro atoms. The Hall–Kier alpha value is -2.36. The van der Waals surface area contributed by atoms with Crippen molar-refractivity contribution in [2.24, 2.45) is 5.10 Å². The van der Waals surface area contributed by atoms with Crippen LogP contribution in [0.3, 0.4) is 0 Å². The van der Waals surface area contributed by atoms with Crippen molar-refractivity contribution in [2.45, 2.75) is 26.1 Å². The van der Waals surface area contributed by atoms with E-state index in [1.807, 2.05) is 13.8 Å². The van der Waals surface area contributed by atoms with Crippen molar-refractivity contribution in [3.05, 3.63) is 34.4 Å². The topological polar surface area (TPSA) is 64.4 Å². The van der Waals surface area contributed by atoms with Gasteiger partial charge in [-0.15, -0.1) is 5.10 Å². The minimum absolute atomic E-state index is 0.0444. The number of aromatic nitrogens is 3. The van der Waals surface area contributed by atoms with E-state index >= 15 is 0 Å². The Morgan fingerprint density at radius 1 is 1.33 bits per heavy atom. The third-order valence-electron chi connectivity index (χ3n) is 2.78. The van der Waals surface area contributed by atoms with Crippen molar-refractivity contribution in [1.29, 1.82) is 0 Å². The minimum atomic E-state index is -4.67. The van der Waals surface area contributed by atoms with Crippen LogP contribution >= 0.6 is 12.2 Å². The van der Waals surface area contributed by atoms with Gasteiger partial charge < -0.3 is 9.47 Å². The van der Waals surface area contributed by atoms with E-state index in [-0.39, 0.29) is 10.9 Å². The maximum atomic E-state index is 12.8. The van der Waals surface area contributed by atoms with Crippen LogP contribution < -0.4 is 9.47 Å². The fraction of sp³-hybridized carbons (Fsp3) is 0.357. The number of hydrogen-bond donors (Lipinski definition) is 1. The number of alkyl halides is 3. The first-order chi connectivity index (χ1) is 11.2. The van der Waals surface area contributed by atoms with Crippen molar-refractivity contribution >= 4 is 18.4 Å². The molecule has 1 N–H and O–H groups in total. The van der Waals surface area contributed by atoms with Crippen LogP contribution in [0, 0.1) is 4.77 Å². The first kappa shape index (κ1) is 18.0. The number of methoxy groups -OCH3 is 1. The van der Waals surface area contributed by atoms with Gasteiger partial charge in [-0.25, -0.2) is 5.10 Å². The van der Waals surface area contributed by atoms with E-state index in [1.54, 1.807) is 18.2 Å². The third kappa shape index (κ3) is 4.13. The standard InChI is InChI=1S/C14H15F3N4O2S/c1-8(2)23-10-5-4-9(6-11(10)22-3)7-18-21-12(14(15,16)17)19-20-13(21)24/h4-8H,1-3H3,(H,20,24). The smallest absolute Gasteiger partial charge is 0.453 e. The molecule has 130 valence electrons. The van der Waals surface area contributed by atoms with Crippen molar-refractivity contribution in [3.63, 3.8) is 0 Å². The van der Waals surface area contributed by atoms with Crippen LogP contribution in [0.5, 0.6) is 11.5 Å². The molecular weight excluding hydrogens is 345 g/mol. The summed E-state index contributed by atoms with van der Waals surface area (Å²) in [6, 6.07) is 4.89. The van der Waals surface area contributed by atoms with Gasteiger partial charge in [0.1, 0.15) is 0 Å². The molecule has 10 heteroatoms. The molecule has 0 bridgehead atoms. The number of hydrogen-bond acceptors (Lipinski definition) is 5. The highest BCUT2D eigenvalue weighted by molar-refractivity contribution is 7.71. The van der Waals surface area contributed by atoms with E-state index in [2.05, 4.69) is 15.3 Å². The fourth-order valence-corrected chi connectivity index (χ4v) is 2.00. The number of benzene rings is 1. The molecule has 1 aromatic heterocycles. The second-order valence-corrected chi connectivity index (χ2v) is 5.37. The summed E-state index contributed by atoms with van der Waals surface area (Å²) >= 11 is 4.76. The number of ether oxygens (including phenoxy) is 2. The summed E-state index contributed by atoms with van der Waals surface area (Å²) in [4.78, 5) is 0. The Morgan fingerprint density at radius 2 is 2.04 bits per heavy atom. The number of H-pyrrole nitrogens is 1.